The van der Waals surface area contributed by atoms with Crippen LogP contribution in [0.3, 0.4) is 0 Å². The van der Waals surface area contributed by atoms with E-state index in [1.54, 1.807) is 6.07 Å². The minimum absolute atomic E-state index is 0.0271. The van der Waals surface area contributed by atoms with Crippen molar-refractivity contribution < 1.29 is 28.5 Å². The van der Waals surface area contributed by atoms with Gasteiger partial charge in [0.25, 0.3) is 0 Å². The minimum atomic E-state index is -1.48. The third-order valence-electron chi connectivity index (χ3n) is 6.78. The molecule has 166 valence electrons. The summed E-state index contributed by atoms with van der Waals surface area (Å²) in [5.41, 5.74) is -0.615. The number of carbonyl (C=O) groups is 2. The van der Waals surface area contributed by atoms with Gasteiger partial charge in [-0.2, -0.15) is 0 Å². The van der Waals surface area contributed by atoms with Crippen molar-refractivity contribution in [3.63, 3.8) is 0 Å². The van der Waals surface area contributed by atoms with Gasteiger partial charge in [-0.1, -0.05) is 48.9 Å². The van der Waals surface area contributed by atoms with Gasteiger partial charge in [-0.15, -0.1) is 0 Å². The standard InChI is InChI=1S/C25H23ClO6/c1-13-10-16(27)15-12-24(2,14-8-6-5-7-9-14)32-23(15)25(13)22(28)19-17(29-3)11-18(30-4)20(26)21(19)31-25/h5-9,11,13H,10,12H2,1-4H3/t13-,24+,25-/m1/s1. The van der Waals surface area contributed by atoms with E-state index in [1.807, 2.05) is 44.2 Å². The fourth-order valence-electron chi connectivity index (χ4n) is 5.06. The normalized spacial score (nSPS) is 28.3. The molecule has 0 amide bonds. The van der Waals surface area contributed by atoms with Crippen LogP contribution in [0.15, 0.2) is 47.7 Å². The van der Waals surface area contributed by atoms with Crippen LogP contribution in [-0.4, -0.2) is 31.4 Å². The summed E-state index contributed by atoms with van der Waals surface area (Å²) >= 11 is 6.54. The third-order valence-corrected chi connectivity index (χ3v) is 7.14. The van der Waals surface area contributed by atoms with Crippen LogP contribution in [-0.2, 0) is 15.1 Å². The zero-order chi connectivity index (χ0) is 22.8. The van der Waals surface area contributed by atoms with E-state index in [1.165, 1.54) is 14.2 Å². The molecule has 0 bridgehead atoms. The molecule has 0 saturated heterocycles. The number of benzene rings is 2. The van der Waals surface area contributed by atoms with Crippen molar-refractivity contribution in [2.24, 2.45) is 5.92 Å². The first-order valence-electron chi connectivity index (χ1n) is 10.5. The fraction of sp³-hybridized carbons (Fsp3) is 0.360. The number of hydrogen-bond acceptors (Lipinski definition) is 6. The quantitative estimate of drug-likeness (QED) is 0.659. The highest BCUT2D eigenvalue weighted by Gasteiger charge is 2.64. The summed E-state index contributed by atoms with van der Waals surface area (Å²) < 4.78 is 23.7. The number of methoxy groups -OCH3 is 2. The number of halogens is 1. The topological polar surface area (TPSA) is 71.1 Å². The molecule has 1 spiro atoms. The second kappa shape index (κ2) is 7.01. The molecule has 3 atom stereocenters. The number of carbonyl (C=O) groups excluding carboxylic acids is 2. The van der Waals surface area contributed by atoms with Crippen molar-refractivity contribution in [3.8, 4) is 17.2 Å². The van der Waals surface area contributed by atoms with E-state index >= 15 is 0 Å². The van der Waals surface area contributed by atoms with Gasteiger partial charge in [-0.25, -0.2) is 0 Å². The molecule has 2 aromatic carbocycles. The molecular formula is C25H23ClO6. The molecule has 32 heavy (non-hydrogen) atoms. The number of ether oxygens (including phenoxy) is 4. The first-order valence-corrected chi connectivity index (χ1v) is 10.8. The molecule has 7 heteroatoms. The zero-order valence-electron chi connectivity index (χ0n) is 18.3. The van der Waals surface area contributed by atoms with Gasteiger partial charge in [0, 0.05) is 30.4 Å². The van der Waals surface area contributed by atoms with Crippen molar-refractivity contribution in [1.29, 1.82) is 0 Å². The molecule has 0 fully saturated rings. The van der Waals surface area contributed by atoms with Crippen LogP contribution in [0.4, 0.5) is 0 Å². The lowest BCUT2D eigenvalue weighted by molar-refractivity contribution is -0.119. The summed E-state index contributed by atoms with van der Waals surface area (Å²) in [4.78, 5) is 27.0. The van der Waals surface area contributed by atoms with E-state index in [0.29, 0.717) is 23.5 Å². The molecule has 0 aromatic heterocycles. The van der Waals surface area contributed by atoms with E-state index in [2.05, 4.69) is 0 Å². The van der Waals surface area contributed by atoms with Gasteiger partial charge < -0.3 is 18.9 Å². The highest BCUT2D eigenvalue weighted by molar-refractivity contribution is 6.35. The van der Waals surface area contributed by atoms with Crippen LogP contribution in [0.5, 0.6) is 17.2 Å². The number of ketones is 2. The first kappa shape index (κ1) is 20.9. The van der Waals surface area contributed by atoms with Crippen LogP contribution in [0.25, 0.3) is 0 Å². The molecule has 5 rings (SSSR count). The highest BCUT2D eigenvalue weighted by Crippen LogP contribution is 2.59. The molecular weight excluding hydrogens is 432 g/mol. The van der Waals surface area contributed by atoms with Crippen molar-refractivity contribution in [3.05, 3.63) is 63.9 Å². The maximum absolute atomic E-state index is 14.0. The molecule has 0 saturated carbocycles. The lowest BCUT2D eigenvalue weighted by atomic mass is 9.72. The van der Waals surface area contributed by atoms with E-state index in [4.69, 9.17) is 30.5 Å². The lowest BCUT2D eigenvalue weighted by Crippen LogP contribution is -2.52. The van der Waals surface area contributed by atoms with Crippen LogP contribution in [0.2, 0.25) is 5.02 Å². The Morgan fingerprint density at radius 2 is 1.75 bits per heavy atom. The SMILES string of the molecule is COc1cc(OC)c2c(c1Cl)O[C@]1(C2=O)C2=C(C[C@@](C)(c3ccccc3)O2)C(=O)C[C@H]1C. The Morgan fingerprint density at radius 1 is 1.06 bits per heavy atom. The van der Waals surface area contributed by atoms with E-state index in [-0.39, 0.29) is 40.1 Å². The zero-order valence-corrected chi connectivity index (χ0v) is 19.0. The van der Waals surface area contributed by atoms with E-state index < -0.39 is 17.1 Å². The largest absolute Gasteiger partial charge is 0.496 e. The summed E-state index contributed by atoms with van der Waals surface area (Å²) in [5, 5.41) is 0.184. The average Bonchev–Trinajstić information content (AvgIpc) is 3.32. The Hall–Kier alpha value is -2.99. The second-order valence-electron chi connectivity index (χ2n) is 8.68. The molecule has 1 aliphatic carbocycles. The third kappa shape index (κ3) is 2.59. The molecule has 0 unspecified atom stereocenters. The predicted octanol–water partition coefficient (Wildman–Crippen LogP) is 4.87. The Bertz CT molecular complexity index is 1190. The fourth-order valence-corrected chi connectivity index (χ4v) is 5.33. The second-order valence-corrected chi connectivity index (χ2v) is 9.06. The molecule has 0 radical (unpaired) electrons. The summed E-state index contributed by atoms with van der Waals surface area (Å²) in [6.45, 7) is 3.75. The van der Waals surface area contributed by atoms with Crippen molar-refractivity contribution in [2.45, 2.75) is 37.9 Å². The molecule has 2 aliphatic heterocycles. The van der Waals surface area contributed by atoms with Gasteiger partial charge in [0.15, 0.2) is 17.3 Å². The number of fused-ring (bicyclic) bond motifs is 2. The van der Waals surface area contributed by atoms with Crippen molar-refractivity contribution in [2.75, 3.05) is 14.2 Å². The molecule has 6 nitrogen and oxygen atoms in total. The van der Waals surface area contributed by atoms with Crippen molar-refractivity contribution in [1.82, 2.24) is 0 Å². The van der Waals surface area contributed by atoms with Crippen LogP contribution in [0, 0.1) is 5.92 Å². The van der Waals surface area contributed by atoms with Gasteiger partial charge in [0.05, 0.1) is 14.2 Å². The van der Waals surface area contributed by atoms with Crippen LogP contribution >= 0.6 is 11.6 Å². The highest BCUT2D eigenvalue weighted by atomic mass is 35.5. The Kier molecular flexibility index (Phi) is 4.57. The van der Waals surface area contributed by atoms with Gasteiger partial charge >= 0.3 is 0 Å². The Labute approximate surface area is 191 Å². The Balaban J connectivity index is 1.68. The molecule has 2 heterocycles. The lowest BCUT2D eigenvalue weighted by Gasteiger charge is -2.38. The van der Waals surface area contributed by atoms with Gasteiger partial charge in [0.1, 0.15) is 27.7 Å². The maximum Gasteiger partial charge on any atom is 0.231 e. The van der Waals surface area contributed by atoms with Crippen LogP contribution < -0.4 is 14.2 Å². The number of hydrogen-bond donors (Lipinski definition) is 0. The summed E-state index contributed by atoms with van der Waals surface area (Å²) in [6, 6.07) is 11.2. The van der Waals surface area contributed by atoms with Gasteiger partial charge in [-0.05, 0) is 12.5 Å². The van der Waals surface area contributed by atoms with Gasteiger partial charge in [-0.3, -0.25) is 9.59 Å². The van der Waals surface area contributed by atoms with Crippen molar-refractivity contribution >= 4 is 23.2 Å². The number of rotatable bonds is 3. The van der Waals surface area contributed by atoms with Crippen LogP contribution in [0.1, 0.15) is 42.6 Å². The minimum Gasteiger partial charge on any atom is -0.496 e. The van der Waals surface area contributed by atoms with E-state index in [0.717, 1.165) is 5.56 Å². The summed E-state index contributed by atoms with van der Waals surface area (Å²) in [7, 11) is 2.95. The number of Topliss-reactive ketones (excluding diaryl/α,β-unsaturated/α-hetero) is 2. The Morgan fingerprint density at radius 3 is 2.41 bits per heavy atom. The monoisotopic (exact) mass is 454 g/mol. The first-order chi connectivity index (χ1) is 15.3. The predicted molar refractivity (Wildman–Crippen MR) is 118 cm³/mol. The maximum atomic E-state index is 14.0. The molecule has 0 N–H and O–H groups in total. The summed E-state index contributed by atoms with van der Waals surface area (Å²) in [6.07, 6.45) is 0.532. The molecule has 3 aliphatic rings. The van der Waals surface area contributed by atoms with Gasteiger partial charge in [0.2, 0.25) is 11.4 Å². The summed E-state index contributed by atoms with van der Waals surface area (Å²) in [5.74, 6) is 0.308. The van der Waals surface area contributed by atoms with E-state index in [9.17, 15) is 9.59 Å². The average molecular weight is 455 g/mol. The smallest absolute Gasteiger partial charge is 0.231 e. The molecule has 2 aromatic rings.